The molecule has 0 radical (unpaired) electrons. The molecule has 3 heterocycles. The van der Waals surface area contributed by atoms with Crippen LogP contribution in [0.5, 0.6) is 0 Å². The van der Waals surface area contributed by atoms with E-state index in [0.29, 0.717) is 17.4 Å². The highest BCUT2D eigenvalue weighted by atomic mass is 32.2. The lowest BCUT2D eigenvalue weighted by molar-refractivity contribution is -0.127. The molecule has 1 amide bonds. The van der Waals surface area contributed by atoms with Gasteiger partial charge in [-0.2, -0.15) is 0 Å². The second-order valence-corrected chi connectivity index (χ2v) is 7.11. The summed E-state index contributed by atoms with van der Waals surface area (Å²) < 4.78 is 7.50. The van der Waals surface area contributed by atoms with Crippen LogP contribution in [-0.4, -0.2) is 44.4 Å². The number of rotatable bonds is 6. The van der Waals surface area contributed by atoms with Crippen molar-refractivity contribution in [1.82, 2.24) is 19.7 Å². The number of aromatic nitrogens is 3. The average Bonchev–Trinajstić information content (AvgIpc) is 3.26. The Labute approximate surface area is 140 Å². The highest BCUT2D eigenvalue weighted by molar-refractivity contribution is 7.99. The number of carbonyl (C=O) groups excluding carboxylic acids is 1. The summed E-state index contributed by atoms with van der Waals surface area (Å²) in [5.74, 6) is 2.48. The Kier molecular flexibility index (Phi) is 5.05. The van der Waals surface area contributed by atoms with Crippen LogP contribution in [0.1, 0.15) is 26.7 Å². The van der Waals surface area contributed by atoms with Crippen LogP contribution in [0.25, 0.3) is 11.6 Å². The molecule has 1 aliphatic heterocycles. The van der Waals surface area contributed by atoms with Gasteiger partial charge in [-0.1, -0.05) is 25.6 Å². The SMILES string of the molecule is CC(C)Cn1c(SCC(=O)N2CCCC2)nnc1-c1ccco1. The smallest absolute Gasteiger partial charge is 0.233 e. The summed E-state index contributed by atoms with van der Waals surface area (Å²) in [4.78, 5) is 14.2. The molecule has 1 aliphatic rings. The van der Waals surface area contributed by atoms with Crippen molar-refractivity contribution in [2.24, 2.45) is 5.92 Å². The van der Waals surface area contributed by atoms with Gasteiger partial charge < -0.3 is 9.32 Å². The van der Waals surface area contributed by atoms with E-state index < -0.39 is 0 Å². The molecule has 7 heteroatoms. The highest BCUT2D eigenvalue weighted by Gasteiger charge is 2.21. The van der Waals surface area contributed by atoms with Gasteiger partial charge in [0.25, 0.3) is 0 Å². The van der Waals surface area contributed by atoms with Gasteiger partial charge in [0.2, 0.25) is 5.91 Å². The summed E-state index contributed by atoms with van der Waals surface area (Å²) in [6.45, 7) is 6.86. The second-order valence-electron chi connectivity index (χ2n) is 6.16. The molecule has 0 atom stereocenters. The zero-order chi connectivity index (χ0) is 16.2. The van der Waals surface area contributed by atoms with Crippen molar-refractivity contribution in [3.63, 3.8) is 0 Å². The summed E-state index contributed by atoms with van der Waals surface area (Å²) in [7, 11) is 0. The average molecular weight is 334 g/mol. The number of carbonyl (C=O) groups is 1. The molecule has 2 aromatic rings. The molecule has 6 nitrogen and oxygen atoms in total. The van der Waals surface area contributed by atoms with E-state index in [0.717, 1.165) is 43.5 Å². The zero-order valence-corrected chi connectivity index (χ0v) is 14.4. The standard InChI is InChI=1S/C16H22N4O2S/c1-12(2)10-20-15(13-6-5-9-22-13)17-18-16(20)23-11-14(21)19-7-3-4-8-19/h5-6,9,12H,3-4,7-8,10-11H2,1-2H3. The number of amides is 1. The van der Waals surface area contributed by atoms with E-state index in [2.05, 4.69) is 24.0 Å². The first-order valence-corrected chi connectivity index (χ1v) is 9.01. The fourth-order valence-corrected chi connectivity index (χ4v) is 3.55. The zero-order valence-electron chi connectivity index (χ0n) is 13.6. The van der Waals surface area contributed by atoms with Gasteiger partial charge >= 0.3 is 0 Å². The predicted octanol–water partition coefficient (Wildman–Crippen LogP) is 2.91. The molecule has 0 aromatic carbocycles. The molecule has 2 aromatic heterocycles. The van der Waals surface area contributed by atoms with E-state index in [-0.39, 0.29) is 5.91 Å². The summed E-state index contributed by atoms with van der Waals surface area (Å²) in [6.07, 6.45) is 3.86. The predicted molar refractivity (Wildman–Crippen MR) is 89.1 cm³/mol. The van der Waals surface area contributed by atoms with Crippen molar-refractivity contribution >= 4 is 17.7 Å². The second kappa shape index (κ2) is 7.21. The Morgan fingerprint density at radius 2 is 2.13 bits per heavy atom. The van der Waals surface area contributed by atoms with Gasteiger partial charge in [-0.25, -0.2) is 0 Å². The molecular weight excluding hydrogens is 312 g/mol. The van der Waals surface area contributed by atoms with Crippen LogP contribution in [0.3, 0.4) is 0 Å². The van der Waals surface area contributed by atoms with Crippen LogP contribution in [0.2, 0.25) is 0 Å². The maximum absolute atomic E-state index is 12.2. The third kappa shape index (κ3) is 3.77. The van der Waals surface area contributed by atoms with Gasteiger partial charge in [0.05, 0.1) is 12.0 Å². The van der Waals surface area contributed by atoms with Crippen LogP contribution in [0, 0.1) is 5.92 Å². The number of likely N-dealkylation sites (tertiary alicyclic amines) is 1. The molecule has 23 heavy (non-hydrogen) atoms. The number of hydrogen-bond donors (Lipinski definition) is 0. The molecule has 0 spiro atoms. The first kappa shape index (κ1) is 16.1. The largest absolute Gasteiger partial charge is 0.461 e. The minimum atomic E-state index is 0.186. The summed E-state index contributed by atoms with van der Waals surface area (Å²) in [5.41, 5.74) is 0. The Morgan fingerprint density at radius 3 is 2.78 bits per heavy atom. The van der Waals surface area contributed by atoms with Crippen molar-refractivity contribution in [3.05, 3.63) is 18.4 Å². The van der Waals surface area contributed by atoms with E-state index in [9.17, 15) is 4.79 Å². The summed E-state index contributed by atoms with van der Waals surface area (Å²) >= 11 is 1.46. The van der Waals surface area contributed by atoms with Crippen molar-refractivity contribution < 1.29 is 9.21 Å². The Bertz CT molecular complexity index is 645. The quantitative estimate of drug-likeness (QED) is 0.760. The first-order chi connectivity index (χ1) is 11.1. The molecule has 0 N–H and O–H groups in total. The monoisotopic (exact) mass is 334 g/mol. The number of nitrogens with zero attached hydrogens (tertiary/aromatic N) is 4. The number of hydrogen-bond acceptors (Lipinski definition) is 5. The molecule has 0 aliphatic carbocycles. The minimum absolute atomic E-state index is 0.186. The molecule has 3 rings (SSSR count). The molecule has 1 fully saturated rings. The van der Waals surface area contributed by atoms with Crippen LogP contribution in [-0.2, 0) is 11.3 Å². The van der Waals surface area contributed by atoms with Gasteiger partial charge in [0.15, 0.2) is 16.7 Å². The molecule has 124 valence electrons. The van der Waals surface area contributed by atoms with Crippen LogP contribution < -0.4 is 0 Å². The molecular formula is C16H22N4O2S. The number of furan rings is 1. The lowest BCUT2D eigenvalue weighted by atomic mass is 10.2. The third-order valence-electron chi connectivity index (χ3n) is 3.79. The highest BCUT2D eigenvalue weighted by Crippen LogP contribution is 2.26. The Balaban J connectivity index is 1.74. The molecule has 1 saturated heterocycles. The van der Waals surface area contributed by atoms with Crippen molar-refractivity contribution in [2.75, 3.05) is 18.8 Å². The maximum Gasteiger partial charge on any atom is 0.233 e. The van der Waals surface area contributed by atoms with Gasteiger partial charge in [0, 0.05) is 19.6 Å². The Morgan fingerprint density at radius 1 is 1.35 bits per heavy atom. The summed E-state index contributed by atoms with van der Waals surface area (Å²) in [5, 5.41) is 9.31. The lowest BCUT2D eigenvalue weighted by Gasteiger charge is -2.15. The van der Waals surface area contributed by atoms with E-state index in [1.165, 1.54) is 11.8 Å². The minimum Gasteiger partial charge on any atom is -0.461 e. The van der Waals surface area contributed by atoms with Crippen molar-refractivity contribution in [3.8, 4) is 11.6 Å². The van der Waals surface area contributed by atoms with Crippen molar-refractivity contribution in [1.29, 1.82) is 0 Å². The van der Waals surface area contributed by atoms with E-state index >= 15 is 0 Å². The lowest BCUT2D eigenvalue weighted by Crippen LogP contribution is -2.29. The molecule has 0 saturated carbocycles. The normalized spacial score (nSPS) is 14.8. The third-order valence-corrected chi connectivity index (χ3v) is 4.74. The molecule has 0 unspecified atom stereocenters. The van der Waals surface area contributed by atoms with Gasteiger partial charge in [0.1, 0.15) is 0 Å². The van der Waals surface area contributed by atoms with Gasteiger partial charge in [-0.05, 0) is 30.9 Å². The van der Waals surface area contributed by atoms with E-state index in [4.69, 9.17) is 4.42 Å². The van der Waals surface area contributed by atoms with Crippen LogP contribution in [0.15, 0.2) is 28.0 Å². The fraction of sp³-hybridized carbons (Fsp3) is 0.562. The molecule has 0 bridgehead atoms. The van der Waals surface area contributed by atoms with Crippen molar-refractivity contribution in [2.45, 2.75) is 38.4 Å². The summed E-state index contributed by atoms with van der Waals surface area (Å²) in [6, 6.07) is 3.72. The van der Waals surface area contributed by atoms with E-state index in [1.54, 1.807) is 6.26 Å². The van der Waals surface area contributed by atoms with Gasteiger partial charge in [-0.15, -0.1) is 10.2 Å². The topological polar surface area (TPSA) is 64.2 Å². The Hall–Kier alpha value is -1.76. The van der Waals surface area contributed by atoms with E-state index in [1.807, 2.05) is 21.6 Å². The van der Waals surface area contributed by atoms with Crippen LogP contribution >= 0.6 is 11.8 Å². The fourth-order valence-electron chi connectivity index (χ4n) is 2.70. The number of thioether (sulfide) groups is 1. The van der Waals surface area contributed by atoms with Crippen LogP contribution in [0.4, 0.5) is 0 Å². The van der Waals surface area contributed by atoms with Gasteiger partial charge in [-0.3, -0.25) is 9.36 Å². The first-order valence-electron chi connectivity index (χ1n) is 8.03. The maximum atomic E-state index is 12.2.